The van der Waals surface area contributed by atoms with Gasteiger partial charge in [0.05, 0.1) is 19.6 Å². The number of phenolic OH excluding ortho intramolecular Hbond substituents is 10. The fourth-order valence-electron chi connectivity index (χ4n) is 11.5. The van der Waals surface area contributed by atoms with Crippen molar-refractivity contribution in [3.05, 3.63) is 123 Å². The van der Waals surface area contributed by atoms with Crippen molar-refractivity contribution in [2.75, 3.05) is 13.2 Å². The van der Waals surface area contributed by atoms with Crippen LogP contribution in [-0.2, 0) is 9.47 Å². The maximum atomic E-state index is 14.4. The Balaban J connectivity index is 1.19. The molecule has 15 atom stereocenters. The summed E-state index contributed by atoms with van der Waals surface area (Å²) < 4.78 is 44.1. The molecule has 0 spiro atoms. The first-order chi connectivity index (χ1) is 39.5. The van der Waals surface area contributed by atoms with E-state index in [0.717, 1.165) is 54.6 Å². The number of phenols is 10. The van der Waals surface area contributed by atoms with Crippen molar-refractivity contribution in [3.8, 4) is 86.2 Å². The first kappa shape index (κ1) is 56.5. The van der Waals surface area contributed by atoms with Gasteiger partial charge in [0.1, 0.15) is 124 Å². The van der Waals surface area contributed by atoms with Crippen LogP contribution in [0, 0.1) is 0 Å². The minimum Gasteiger partial charge on any atom is -0.508 e. The third-order valence-corrected chi connectivity index (χ3v) is 15.7. The highest BCUT2D eigenvalue weighted by Gasteiger charge is 2.50. The largest absolute Gasteiger partial charge is 0.508 e. The van der Waals surface area contributed by atoms with E-state index >= 15 is 0 Å². The molecular weight excluding hydrogens is 1100 g/mol. The average molecular weight is 1160 g/mol. The molecular formula is C57H56O26. The van der Waals surface area contributed by atoms with Gasteiger partial charge in [-0.1, -0.05) is 18.2 Å². The van der Waals surface area contributed by atoms with E-state index in [9.17, 15) is 96.7 Å². The van der Waals surface area contributed by atoms with Gasteiger partial charge in [-0.15, -0.1) is 0 Å². The van der Waals surface area contributed by atoms with E-state index in [-0.39, 0.29) is 56.9 Å². The van der Waals surface area contributed by atoms with Crippen LogP contribution < -0.4 is 23.7 Å². The lowest BCUT2D eigenvalue weighted by atomic mass is 9.75. The highest BCUT2D eigenvalue weighted by atomic mass is 16.7. The molecule has 2 fully saturated rings. The van der Waals surface area contributed by atoms with Crippen LogP contribution in [0.1, 0.15) is 98.7 Å². The number of carbonyl (C=O) groups is 1. The summed E-state index contributed by atoms with van der Waals surface area (Å²) in [7, 11) is 0. The molecule has 2 saturated heterocycles. The average Bonchev–Trinajstić information content (AvgIpc) is 1.21. The number of benzene rings is 6. The van der Waals surface area contributed by atoms with Crippen molar-refractivity contribution in [2.24, 2.45) is 0 Å². The van der Waals surface area contributed by atoms with E-state index in [1.54, 1.807) is 0 Å². The van der Waals surface area contributed by atoms with Crippen LogP contribution in [0.2, 0.25) is 0 Å². The van der Waals surface area contributed by atoms with E-state index < -0.39 is 204 Å². The molecule has 0 saturated carbocycles. The van der Waals surface area contributed by atoms with Gasteiger partial charge in [-0.25, -0.2) is 0 Å². The summed E-state index contributed by atoms with van der Waals surface area (Å²) in [6.07, 6.45) is -23.8. The number of ether oxygens (including phenoxy) is 7. The molecule has 6 aromatic carbocycles. The van der Waals surface area contributed by atoms with Crippen LogP contribution in [0.4, 0.5) is 0 Å². The van der Waals surface area contributed by atoms with Crippen LogP contribution in [0.3, 0.4) is 0 Å². The fourth-order valence-corrected chi connectivity index (χ4v) is 11.5. The molecule has 5 aliphatic rings. The predicted molar refractivity (Wildman–Crippen MR) is 276 cm³/mol. The molecule has 440 valence electrons. The monoisotopic (exact) mass is 1160 g/mol. The summed E-state index contributed by atoms with van der Waals surface area (Å²) in [5.41, 5.74) is -0.796. The van der Waals surface area contributed by atoms with E-state index in [0.29, 0.717) is 0 Å². The second-order valence-corrected chi connectivity index (χ2v) is 20.8. The standard InChI is InChI=1S/C57H56O26/c58-17-41-48(71)50(73)52(75)56(82-41)80-39-11-22(60)10-38-45(39)23(12-35(77-38)19-1-4-25(61)28(64)7-19)43-33(69)16-40(81-57-53(76)51(74)49(72)42(18-59)83-57)46-24(13-36(78-54(43)46)20-2-5-26(62)29(65)8-20)44-31(67)14-32(68)47-34(70)15-37(79-55(44)47)21-3-6-27(63)30(66)9-21/h1-11,14,16,23-24,35-37,41-42,48-53,56-69,71-76H,12-13,15,17-18H2/t23-,24-,35-,36-,37-,41+,42+,48+,49+,50-,51-,52+,53+,56+,57+/m0/s1. The third-order valence-electron chi connectivity index (χ3n) is 15.7. The molecule has 5 aliphatic heterocycles. The molecule has 0 aliphatic carbocycles. The zero-order chi connectivity index (χ0) is 59.2. The number of carbonyl (C=O) groups excluding carboxylic acids is 1. The number of hydrogen-bond donors (Lipinski definition) is 18. The van der Waals surface area contributed by atoms with Gasteiger partial charge in [0, 0.05) is 71.2 Å². The fraction of sp³-hybridized carbons (Fsp3) is 0.351. The molecule has 11 rings (SSSR count). The number of aliphatic hydroxyl groups is 8. The highest BCUT2D eigenvalue weighted by molar-refractivity contribution is 6.03. The molecule has 83 heavy (non-hydrogen) atoms. The molecule has 0 unspecified atom stereocenters. The summed E-state index contributed by atoms with van der Waals surface area (Å²) in [5, 5.41) is 198. The Morgan fingerprint density at radius 2 is 0.867 bits per heavy atom. The Labute approximate surface area is 468 Å². The normalized spacial score (nSPS) is 29.3. The Morgan fingerprint density at radius 3 is 1.37 bits per heavy atom. The highest BCUT2D eigenvalue weighted by Crippen LogP contribution is 2.63. The number of hydrogen-bond acceptors (Lipinski definition) is 26. The van der Waals surface area contributed by atoms with Gasteiger partial charge >= 0.3 is 0 Å². The second-order valence-electron chi connectivity index (χ2n) is 20.8. The first-order valence-corrected chi connectivity index (χ1v) is 25.9. The van der Waals surface area contributed by atoms with Gasteiger partial charge in [0.15, 0.2) is 40.3 Å². The maximum absolute atomic E-state index is 14.4. The lowest BCUT2D eigenvalue weighted by Gasteiger charge is -2.42. The maximum Gasteiger partial charge on any atom is 0.229 e. The number of aromatic hydroxyl groups is 10. The number of ketones is 1. The second kappa shape index (κ2) is 21.7. The summed E-state index contributed by atoms with van der Waals surface area (Å²) in [4.78, 5) is 14.4. The molecule has 6 aromatic rings. The van der Waals surface area contributed by atoms with Gasteiger partial charge in [-0.3, -0.25) is 4.79 Å². The van der Waals surface area contributed by atoms with Crippen molar-refractivity contribution in [2.45, 2.75) is 111 Å². The van der Waals surface area contributed by atoms with Gasteiger partial charge in [0.25, 0.3) is 0 Å². The van der Waals surface area contributed by atoms with Crippen LogP contribution in [0.25, 0.3) is 0 Å². The molecule has 0 amide bonds. The van der Waals surface area contributed by atoms with E-state index in [1.807, 2.05) is 0 Å². The van der Waals surface area contributed by atoms with Crippen molar-refractivity contribution >= 4 is 5.78 Å². The number of Topliss-reactive ketones (excluding diaryl/α,β-unsaturated/α-hetero) is 1. The minimum absolute atomic E-state index is 0.0811. The molecule has 0 aromatic heterocycles. The summed E-state index contributed by atoms with van der Waals surface area (Å²) in [6, 6.07) is 15.1. The van der Waals surface area contributed by atoms with E-state index in [2.05, 4.69) is 0 Å². The van der Waals surface area contributed by atoms with Gasteiger partial charge < -0.3 is 125 Å². The zero-order valence-electron chi connectivity index (χ0n) is 43.0. The lowest BCUT2D eigenvalue weighted by molar-refractivity contribution is -0.277. The molecule has 26 heteroatoms. The molecule has 5 heterocycles. The zero-order valence-corrected chi connectivity index (χ0v) is 43.0. The molecule has 26 nitrogen and oxygen atoms in total. The van der Waals surface area contributed by atoms with Gasteiger partial charge in [-0.05, 0) is 53.1 Å². The number of fused-ring (bicyclic) bond motifs is 3. The van der Waals surface area contributed by atoms with Gasteiger partial charge in [0.2, 0.25) is 12.6 Å². The number of aliphatic hydroxyl groups excluding tert-OH is 8. The van der Waals surface area contributed by atoms with Gasteiger partial charge in [-0.2, -0.15) is 0 Å². The van der Waals surface area contributed by atoms with Crippen molar-refractivity contribution in [1.29, 1.82) is 0 Å². The van der Waals surface area contributed by atoms with Crippen LogP contribution in [-0.4, -0.2) is 172 Å². The van der Waals surface area contributed by atoms with Crippen LogP contribution in [0.5, 0.6) is 86.2 Å². The summed E-state index contributed by atoms with van der Waals surface area (Å²) in [5.74, 6) is -11.7. The van der Waals surface area contributed by atoms with Crippen molar-refractivity contribution in [3.63, 3.8) is 0 Å². The predicted octanol–water partition coefficient (Wildman–Crippen LogP) is 2.12. The van der Waals surface area contributed by atoms with Crippen LogP contribution >= 0.6 is 0 Å². The number of rotatable bonds is 11. The third kappa shape index (κ3) is 9.96. The Morgan fingerprint density at radius 1 is 0.422 bits per heavy atom. The van der Waals surface area contributed by atoms with Crippen molar-refractivity contribution in [1.82, 2.24) is 0 Å². The Bertz CT molecular complexity index is 3490. The SMILES string of the molecule is O=C1C[C@@H](c2ccc(O)c(O)c2)Oc2c1c(O)cc(O)c2[C@@H]1C[C@@H](c2ccc(O)c(O)c2)Oc2c([C@@H]3C[C@@H](c4ccc(O)c(O)c4)Oc4cc(O)cc(O[C@@H]5O[C@H](CO)[C@@H](O)[C@H](O)[C@H]5O)c43)c(O)cc(O[C@@H]3O[C@H](CO)[C@@H](O)[C@H](O)[C@H]3O)c21. The summed E-state index contributed by atoms with van der Waals surface area (Å²) in [6.45, 7) is -1.78. The Kier molecular flexibility index (Phi) is 14.8. The smallest absolute Gasteiger partial charge is 0.229 e. The molecule has 0 radical (unpaired) electrons. The first-order valence-electron chi connectivity index (χ1n) is 25.9. The van der Waals surface area contributed by atoms with Crippen molar-refractivity contribution < 1.29 is 130 Å². The molecule has 18 N–H and O–H groups in total. The lowest BCUT2D eigenvalue weighted by Crippen LogP contribution is -2.60. The molecule has 0 bridgehead atoms. The Hall–Kier alpha value is -8.41. The summed E-state index contributed by atoms with van der Waals surface area (Å²) >= 11 is 0. The van der Waals surface area contributed by atoms with E-state index in [1.165, 1.54) is 24.3 Å². The minimum atomic E-state index is -2.10. The van der Waals surface area contributed by atoms with Crippen LogP contribution in [0.15, 0.2) is 78.9 Å². The van der Waals surface area contributed by atoms with E-state index in [4.69, 9.17) is 33.2 Å². The quantitative estimate of drug-likeness (QED) is 0.0826. The topological polar surface area (TPSA) is 446 Å².